The van der Waals surface area contributed by atoms with Gasteiger partial charge < -0.3 is 5.32 Å². The highest BCUT2D eigenvalue weighted by Crippen LogP contribution is 2.24. The lowest BCUT2D eigenvalue weighted by Gasteiger charge is -2.09. The van der Waals surface area contributed by atoms with Crippen molar-refractivity contribution < 1.29 is 4.79 Å². The van der Waals surface area contributed by atoms with Crippen LogP contribution in [0.2, 0.25) is 0 Å². The van der Waals surface area contributed by atoms with Crippen LogP contribution in [0.3, 0.4) is 0 Å². The van der Waals surface area contributed by atoms with E-state index < -0.39 is 0 Å². The smallest absolute Gasteiger partial charge is 0.282 e. The van der Waals surface area contributed by atoms with Crippen LogP contribution in [0, 0.1) is 20.8 Å². The number of carbonyl (C=O) groups excluding carboxylic acids is 1. The molecule has 0 radical (unpaired) electrons. The van der Waals surface area contributed by atoms with Gasteiger partial charge in [-0.25, -0.2) is 0 Å². The largest absolute Gasteiger partial charge is 0.346 e. The van der Waals surface area contributed by atoms with Gasteiger partial charge in [0, 0.05) is 36.4 Å². The van der Waals surface area contributed by atoms with Gasteiger partial charge in [0.15, 0.2) is 5.01 Å². The molecule has 4 aromatic rings. The summed E-state index contributed by atoms with van der Waals surface area (Å²) in [6.45, 7) is 6.28. The number of carbonyl (C=O) groups is 1. The molecule has 150 valence electrons. The second-order valence-corrected chi connectivity index (χ2v) is 7.94. The molecular formula is C22H20N6OS. The zero-order chi connectivity index (χ0) is 21.1. The highest BCUT2D eigenvalue weighted by Gasteiger charge is 2.16. The van der Waals surface area contributed by atoms with Crippen LogP contribution in [0.5, 0.6) is 0 Å². The lowest BCUT2D eigenvalue weighted by molar-refractivity contribution is 0.0949. The van der Waals surface area contributed by atoms with E-state index in [1.807, 2.05) is 51.1 Å². The first kappa shape index (κ1) is 19.8. The summed E-state index contributed by atoms with van der Waals surface area (Å²) in [5.74, 6) is -0.265. The van der Waals surface area contributed by atoms with E-state index in [2.05, 4.69) is 30.5 Å². The Bertz CT molecular complexity index is 1220. The summed E-state index contributed by atoms with van der Waals surface area (Å²) in [5, 5.41) is 12.0. The maximum absolute atomic E-state index is 12.5. The first-order chi connectivity index (χ1) is 14.5. The molecule has 0 aliphatic carbocycles. The minimum atomic E-state index is -0.265. The molecule has 4 rings (SSSR count). The van der Waals surface area contributed by atoms with E-state index >= 15 is 0 Å². The number of aryl methyl sites for hydroxylation is 3. The molecule has 7 nitrogen and oxygen atoms in total. The topological polar surface area (TPSA) is 93.6 Å². The molecule has 0 atom stereocenters. The van der Waals surface area contributed by atoms with Crippen LogP contribution in [-0.2, 0) is 6.54 Å². The number of amides is 1. The van der Waals surface area contributed by atoms with Crippen LogP contribution in [-0.4, -0.2) is 31.1 Å². The number of hydrogen-bond acceptors (Lipinski definition) is 7. The summed E-state index contributed by atoms with van der Waals surface area (Å²) in [6.07, 6.45) is 5.26. The fraction of sp³-hybridized carbons (Fsp3) is 0.182. The van der Waals surface area contributed by atoms with Gasteiger partial charge in [-0.1, -0.05) is 23.5 Å². The molecule has 0 aliphatic rings. The summed E-state index contributed by atoms with van der Waals surface area (Å²) in [5.41, 5.74) is 6.58. The summed E-state index contributed by atoms with van der Waals surface area (Å²) >= 11 is 1.23. The number of pyridine rings is 3. The summed E-state index contributed by atoms with van der Waals surface area (Å²) in [7, 11) is 0. The molecule has 0 fully saturated rings. The monoisotopic (exact) mass is 416 g/mol. The van der Waals surface area contributed by atoms with Crippen molar-refractivity contribution in [3.8, 4) is 22.0 Å². The van der Waals surface area contributed by atoms with Crippen LogP contribution in [0.1, 0.15) is 32.2 Å². The Morgan fingerprint density at radius 1 is 0.967 bits per heavy atom. The molecule has 8 heteroatoms. The SMILES string of the molecule is Cc1cc(-c2ncc(CNC(=O)c3nnc(-c4ncccc4C)s3)cc2C)ccn1. The van der Waals surface area contributed by atoms with Crippen LogP contribution >= 0.6 is 11.3 Å². The molecule has 30 heavy (non-hydrogen) atoms. The second kappa shape index (κ2) is 8.46. The molecule has 0 saturated heterocycles. The number of nitrogens with zero attached hydrogens (tertiary/aromatic N) is 5. The predicted molar refractivity (Wildman–Crippen MR) is 116 cm³/mol. The third-order valence-corrected chi connectivity index (χ3v) is 5.52. The summed E-state index contributed by atoms with van der Waals surface area (Å²) < 4.78 is 0. The highest BCUT2D eigenvalue weighted by atomic mass is 32.1. The van der Waals surface area contributed by atoms with E-state index in [0.29, 0.717) is 16.6 Å². The van der Waals surface area contributed by atoms with Crippen molar-refractivity contribution in [2.45, 2.75) is 27.3 Å². The minimum Gasteiger partial charge on any atom is -0.346 e. The van der Waals surface area contributed by atoms with E-state index in [1.54, 1.807) is 18.6 Å². The van der Waals surface area contributed by atoms with Crippen LogP contribution in [0.4, 0.5) is 0 Å². The highest BCUT2D eigenvalue weighted by molar-refractivity contribution is 7.16. The first-order valence-electron chi connectivity index (χ1n) is 9.43. The van der Waals surface area contributed by atoms with Crippen LogP contribution < -0.4 is 5.32 Å². The first-order valence-corrected chi connectivity index (χ1v) is 10.2. The van der Waals surface area contributed by atoms with Crippen LogP contribution in [0.25, 0.3) is 22.0 Å². The Balaban J connectivity index is 1.44. The molecule has 4 heterocycles. The third-order valence-electron chi connectivity index (χ3n) is 4.59. The zero-order valence-corrected chi connectivity index (χ0v) is 17.7. The Labute approximate surface area is 178 Å². The molecule has 4 aromatic heterocycles. The van der Waals surface area contributed by atoms with E-state index in [0.717, 1.165) is 39.3 Å². The van der Waals surface area contributed by atoms with Gasteiger partial charge in [0.1, 0.15) is 5.69 Å². The summed E-state index contributed by atoms with van der Waals surface area (Å²) in [4.78, 5) is 25.6. The van der Waals surface area contributed by atoms with Crippen molar-refractivity contribution in [1.29, 1.82) is 0 Å². The van der Waals surface area contributed by atoms with Crippen molar-refractivity contribution in [3.05, 3.63) is 76.3 Å². The van der Waals surface area contributed by atoms with E-state index in [1.165, 1.54) is 11.3 Å². The number of nitrogens with one attached hydrogen (secondary N) is 1. The molecule has 0 saturated carbocycles. The fourth-order valence-electron chi connectivity index (χ4n) is 3.10. The minimum absolute atomic E-state index is 0.265. The quantitative estimate of drug-likeness (QED) is 0.530. The van der Waals surface area contributed by atoms with Crippen molar-refractivity contribution in [1.82, 2.24) is 30.5 Å². The van der Waals surface area contributed by atoms with E-state index in [9.17, 15) is 4.79 Å². The van der Waals surface area contributed by atoms with Gasteiger partial charge in [-0.05, 0) is 55.7 Å². The molecule has 0 bridgehead atoms. The van der Waals surface area contributed by atoms with E-state index in [-0.39, 0.29) is 5.91 Å². The average molecular weight is 417 g/mol. The van der Waals surface area contributed by atoms with Gasteiger partial charge in [0.05, 0.1) is 5.69 Å². The van der Waals surface area contributed by atoms with Gasteiger partial charge in [-0.2, -0.15) is 0 Å². The molecule has 0 unspecified atom stereocenters. The molecule has 1 N–H and O–H groups in total. The standard InChI is InChI=1S/C22H20N6OS/c1-13-5-4-7-24-19(13)21-27-28-22(30-21)20(29)26-12-16-9-14(2)18(25-11-16)17-6-8-23-15(3)10-17/h4-11H,12H2,1-3H3,(H,26,29). The number of hydrogen-bond donors (Lipinski definition) is 1. The Morgan fingerprint density at radius 2 is 1.83 bits per heavy atom. The Hall–Kier alpha value is -3.52. The Morgan fingerprint density at radius 3 is 2.60 bits per heavy atom. The van der Waals surface area contributed by atoms with Crippen molar-refractivity contribution in [2.75, 3.05) is 0 Å². The van der Waals surface area contributed by atoms with Crippen molar-refractivity contribution in [3.63, 3.8) is 0 Å². The molecule has 0 aromatic carbocycles. The number of rotatable bonds is 5. The average Bonchev–Trinajstić information content (AvgIpc) is 3.22. The normalized spacial score (nSPS) is 10.8. The maximum Gasteiger partial charge on any atom is 0.282 e. The van der Waals surface area contributed by atoms with Gasteiger partial charge in [0.2, 0.25) is 5.01 Å². The van der Waals surface area contributed by atoms with Gasteiger partial charge >= 0.3 is 0 Å². The predicted octanol–water partition coefficient (Wildman–Crippen LogP) is 3.91. The van der Waals surface area contributed by atoms with Crippen molar-refractivity contribution in [2.24, 2.45) is 0 Å². The van der Waals surface area contributed by atoms with Crippen LogP contribution in [0.15, 0.2) is 48.9 Å². The van der Waals surface area contributed by atoms with E-state index in [4.69, 9.17) is 0 Å². The molecule has 0 spiro atoms. The van der Waals surface area contributed by atoms with Gasteiger partial charge in [0.25, 0.3) is 5.91 Å². The molecular weight excluding hydrogens is 396 g/mol. The second-order valence-electron chi connectivity index (χ2n) is 6.96. The maximum atomic E-state index is 12.5. The fourth-order valence-corrected chi connectivity index (χ4v) is 3.92. The summed E-state index contributed by atoms with van der Waals surface area (Å²) in [6, 6.07) is 9.80. The van der Waals surface area contributed by atoms with Gasteiger partial charge in [-0.15, -0.1) is 10.2 Å². The van der Waals surface area contributed by atoms with Gasteiger partial charge in [-0.3, -0.25) is 19.7 Å². The third kappa shape index (κ3) is 4.23. The number of aromatic nitrogens is 5. The lowest BCUT2D eigenvalue weighted by Crippen LogP contribution is -2.22. The van der Waals surface area contributed by atoms with Crippen molar-refractivity contribution >= 4 is 17.2 Å². The zero-order valence-electron chi connectivity index (χ0n) is 16.9. The Kier molecular flexibility index (Phi) is 5.58. The lowest BCUT2D eigenvalue weighted by atomic mass is 10.1. The molecule has 0 aliphatic heterocycles. The molecule has 1 amide bonds.